The number of hydrogen-bond acceptors (Lipinski definition) is 3. The summed E-state index contributed by atoms with van der Waals surface area (Å²) in [6, 6.07) is 3.98. The lowest BCUT2D eigenvalue weighted by molar-refractivity contribution is 0.0989. The molecular formula is C12H16O2S. The lowest BCUT2D eigenvalue weighted by Crippen LogP contribution is -2.00. The van der Waals surface area contributed by atoms with Crippen LogP contribution in [0.15, 0.2) is 12.1 Å². The predicted octanol–water partition coefficient (Wildman–Crippen LogP) is 2.26. The number of thiophene rings is 1. The Kier molecular flexibility index (Phi) is 5.41. The Morgan fingerprint density at radius 3 is 2.93 bits per heavy atom. The molecule has 2 nitrogen and oxygen atoms in total. The number of rotatable bonds is 4. The first-order chi connectivity index (χ1) is 7.22. The number of ether oxygens (including phenoxy) is 1. The van der Waals surface area contributed by atoms with Crippen molar-refractivity contribution >= 4 is 11.3 Å². The van der Waals surface area contributed by atoms with Gasteiger partial charge in [-0.2, -0.15) is 0 Å². The van der Waals surface area contributed by atoms with Gasteiger partial charge in [0.05, 0.1) is 11.5 Å². The van der Waals surface area contributed by atoms with Crippen molar-refractivity contribution in [3.63, 3.8) is 0 Å². The van der Waals surface area contributed by atoms with Crippen LogP contribution in [0.1, 0.15) is 23.6 Å². The molecule has 0 atom stereocenters. The van der Waals surface area contributed by atoms with Crippen LogP contribution in [0.3, 0.4) is 0 Å². The highest BCUT2D eigenvalue weighted by Crippen LogP contribution is 2.16. The summed E-state index contributed by atoms with van der Waals surface area (Å²) >= 11 is 1.61. The summed E-state index contributed by atoms with van der Waals surface area (Å²) in [5.74, 6) is 6.07. The Morgan fingerprint density at radius 1 is 1.47 bits per heavy atom. The van der Waals surface area contributed by atoms with E-state index in [-0.39, 0.29) is 6.61 Å². The van der Waals surface area contributed by atoms with Crippen LogP contribution >= 0.6 is 11.3 Å². The van der Waals surface area contributed by atoms with Crippen LogP contribution in [0.5, 0.6) is 0 Å². The van der Waals surface area contributed by atoms with E-state index >= 15 is 0 Å². The maximum atomic E-state index is 8.54. The zero-order valence-corrected chi connectivity index (χ0v) is 9.93. The predicted molar refractivity (Wildman–Crippen MR) is 62.8 cm³/mol. The van der Waals surface area contributed by atoms with Gasteiger partial charge in [0, 0.05) is 11.5 Å². The second-order valence-electron chi connectivity index (χ2n) is 3.63. The standard InChI is InChI=1S/C12H16O2S/c1-10(2)8-14-9-12-6-5-11(15-12)4-3-7-13/h5-6,10,13H,7-9H2,1-2H3. The smallest absolute Gasteiger partial charge is 0.104 e. The quantitative estimate of drug-likeness (QED) is 0.795. The largest absolute Gasteiger partial charge is 0.384 e. The van der Waals surface area contributed by atoms with E-state index < -0.39 is 0 Å². The number of hydrogen-bond donors (Lipinski definition) is 1. The van der Waals surface area contributed by atoms with Crippen LogP contribution in [0.4, 0.5) is 0 Å². The summed E-state index contributed by atoms with van der Waals surface area (Å²) in [4.78, 5) is 2.16. The SMILES string of the molecule is CC(C)COCc1ccc(C#CCO)s1. The first-order valence-corrected chi connectivity index (χ1v) is 5.80. The van der Waals surface area contributed by atoms with Gasteiger partial charge in [0.2, 0.25) is 0 Å². The van der Waals surface area contributed by atoms with Crippen LogP contribution < -0.4 is 0 Å². The van der Waals surface area contributed by atoms with Crippen molar-refractivity contribution in [2.75, 3.05) is 13.2 Å². The van der Waals surface area contributed by atoms with Crippen LogP contribution in [0.25, 0.3) is 0 Å². The number of aliphatic hydroxyl groups excluding tert-OH is 1. The van der Waals surface area contributed by atoms with Crippen LogP contribution in [0, 0.1) is 17.8 Å². The van der Waals surface area contributed by atoms with Crippen molar-refractivity contribution in [3.8, 4) is 11.8 Å². The molecule has 0 unspecified atom stereocenters. The summed E-state index contributed by atoms with van der Waals surface area (Å²) < 4.78 is 5.51. The lowest BCUT2D eigenvalue weighted by Gasteiger charge is -2.04. The average Bonchev–Trinajstić information content (AvgIpc) is 2.62. The van der Waals surface area contributed by atoms with Crippen molar-refractivity contribution in [2.24, 2.45) is 5.92 Å². The summed E-state index contributed by atoms with van der Waals surface area (Å²) in [6.45, 7) is 5.62. The van der Waals surface area contributed by atoms with Gasteiger partial charge >= 0.3 is 0 Å². The first kappa shape index (κ1) is 12.3. The molecule has 82 valence electrons. The molecule has 0 spiro atoms. The highest BCUT2D eigenvalue weighted by Gasteiger charge is 1.99. The molecule has 0 aliphatic heterocycles. The fourth-order valence-electron chi connectivity index (χ4n) is 1.04. The molecular weight excluding hydrogens is 208 g/mol. The van der Waals surface area contributed by atoms with Gasteiger partial charge in [-0.3, -0.25) is 0 Å². The molecule has 0 saturated heterocycles. The fourth-order valence-corrected chi connectivity index (χ4v) is 1.86. The molecule has 0 amide bonds. The minimum Gasteiger partial charge on any atom is -0.384 e. The summed E-state index contributed by atoms with van der Waals surface area (Å²) in [7, 11) is 0. The van der Waals surface area contributed by atoms with E-state index in [2.05, 4.69) is 25.7 Å². The first-order valence-electron chi connectivity index (χ1n) is 4.98. The van der Waals surface area contributed by atoms with Crippen LogP contribution in [0.2, 0.25) is 0 Å². The zero-order chi connectivity index (χ0) is 11.1. The second kappa shape index (κ2) is 6.62. The van der Waals surface area contributed by atoms with Crippen molar-refractivity contribution in [1.29, 1.82) is 0 Å². The molecule has 3 heteroatoms. The van der Waals surface area contributed by atoms with Crippen LogP contribution in [-0.2, 0) is 11.3 Å². The van der Waals surface area contributed by atoms with Crippen molar-refractivity contribution in [2.45, 2.75) is 20.5 Å². The fraction of sp³-hybridized carbons (Fsp3) is 0.500. The van der Waals surface area contributed by atoms with Gasteiger partial charge in [0.15, 0.2) is 0 Å². The van der Waals surface area contributed by atoms with Gasteiger partial charge in [-0.25, -0.2) is 0 Å². The summed E-state index contributed by atoms with van der Waals surface area (Å²) in [6.07, 6.45) is 0. The second-order valence-corrected chi connectivity index (χ2v) is 4.80. The van der Waals surface area contributed by atoms with Gasteiger partial charge in [-0.1, -0.05) is 25.7 Å². The average molecular weight is 224 g/mol. The number of aliphatic hydroxyl groups is 1. The molecule has 1 heterocycles. The van der Waals surface area contributed by atoms with Gasteiger partial charge in [-0.05, 0) is 18.1 Å². The Labute approximate surface area is 94.9 Å². The lowest BCUT2D eigenvalue weighted by atomic mass is 10.2. The zero-order valence-electron chi connectivity index (χ0n) is 9.12. The topological polar surface area (TPSA) is 29.5 Å². The molecule has 0 saturated carbocycles. The minimum atomic E-state index is -0.0862. The monoisotopic (exact) mass is 224 g/mol. The molecule has 1 aromatic heterocycles. The van der Waals surface area contributed by atoms with Crippen molar-refractivity contribution in [1.82, 2.24) is 0 Å². The van der Waals surface area contributed by atoms with Gasteiger partial charge in [-0.15, -0.1) is 11.3 Å². The maximum absolute atomic E-state index is 8.54. The highest BCUT2D eigenvalue weighted by molar-refractivity contribution is 7.12. The Morgan fingerprint density at radius 2 is 2.27 bits per heavy atom. The minimum absolute atomic E-state index is 0.0862. The van der Waals surface area contributed by atoms with E-state index in [0.29, 0.717) is 12.5 Å². The third kappa shape index (κ3) is 4.98. The Balaban J connectivity index is 2.39. The Bertz CT molecular complexity index is 344. The molecule has 1 aromatic rings. The molecule has 0 radical (unpaired) electrons. The summed E-state index contributed by atoms with van der Waals surface area (Å²) in [5.41, 5.74) is 0. The molecule has 0 aromatic carbocycles. The molecule has 0 aliphatic rings. The van der Waals surface area contributed by atoms with E-state index in [9.17, 15) is 0 Å². The maximum Gasteiger partial charge on any atom is 0.104 e. The normalized spacial score (nSPS) is 10.1. The molecule has 0 fully saturated rings. The summed E-state index contributed by atoms with van der Waals surface area (Å²) in [5, 5.41) is 8.54. The van der Waals surface area contributed by atoms with E-state index in [1.165, 1.54) is 4.88 Å². The molecule has 0 bridgehead atoms. The third-order valence-corrected chi connectivity index (χ3v) is 2.62. The van der Waals surface area contributed by atoms with E-state index in [0.717, 1.165) is 11.5 Å². The van der Waals surface area contributed by atoms with E-state index in [4.69, 9.17) is 9.84 Å². The van der Waals surface area contributed by atoms with E-state index in [1.54, 1.807) is 11.3 Å². The Hall–Kier alpha value is -0.820. The highest BCUT2D eigenvalue weighted by atomic mass is 32.1. The third-order valence-electron chi connectivity index (χ3n) is 1.65. The van der Waals surface area contributed by atoms with Gasteiger partial charge in [0.1, 0.15) is 6.61 Å². The molecule has 1 rings (SSSR count). The van der Waals surface area contributed by atoms with E-state index in [1.807, 2.05) is 12.1 Å². The van der Waals surface area contributed by atoms with Crippen molar-refractivity contribution in [3.05, 3.63) is 21.9 Å². The molecule has 1 N–H and O–H groups in total. The van der Waals surface area contributed by atoms with Gasteiger partial charge in [0.25, 0.3) is 0 Å². The van der Waals surface area contributed by atoms with Crippen LogP contribution in [-0.4, -0.2) is 18.3 Å². The molecule has 0 aliphatic carbocycles. The van der Waals surface area contributed by atoms with Crippen molar-refractivity contribution < 1.29 is 9.84 Å². The van der Waals surface area contributed by atoms with Gasteiger partial charge < -0.3 is 9.84 Å². The molecule has 15 heavy (non-hydrogen) atoms.